The maximum atomic E-state index is 14.4. The van der Waals surface area contributed by atoms with Crippen molar-refractivity contribution in [1.29, 1.82) is 0 Å². The first-order chi connectivity index (χ1) is 11.7. The normalized spacial score (nSPS) is 18.0. The predicted molar refractivity (Wildman–Crippen MR) is 93.5 cm³/mol. The van der Waals surface area contributed by atoms with Crippen molar-refractivity contribution in [3.63, 3.8) is 0 Å². The molecule has 1 saturated heterocycles. The van der Waals surface area contributed by atoms with Crippen LogP contribution >= 0.6 is 0 Å². The molecule has 0 saturated carbocycles. The van der Waals surface area contributed by atoms with Crippen LogP contribution in [0.2, 0.25) is 0 Å². The molecule has 24 heavy (non-hydrogen) atoms. The summed E-state index contributed by atoms with van der Waals surface area (Å²) in [5, 5.41) is 7.62. The molecule has 1 atom stereocenters. The standard InChI is InChI=1S/C18H20FN5/c1-11-4-2-6-13-14(9-21-16(11)13)17-15(19)10-22-18(24-17)23-12-5-3-7-20-8-12/h2,4,6,9-10,12,20-21H,3,5,7-8H2,1H3,(H,22,23,24)/t12-/m0/s1. The number of nitrogens with zero attached hydrogens (tertiary/aromatic N) is 2. The van der Waals surface area contributed by atoms with Crippen LogP contribution in [0.25, 0.3) is 22.2 Å². The minimum absolute atomic E-state index is 0.280. The van der Waals surface area contributed by atoms with Gasteiger partial charge in [-0.1, -0.05) is 18.2 Å². The Morgan fingerprint density at radius 1 is 1.33 bits per heavy atom. The molecule has 0 spiro atoms. The largest absolute Gasteiger partial charge is 0.360 e. The summed E-state index contributed by atoms with van der Waals surface area (Å²) in [4.78, 5) is 11.8. The van der Waals surface area contributed by atoms with E-state index in [1.54, 1.807) is 0 Å². The van der Waals surface area contributed by atoms with Crippen LogP contribution in [0.4, 0.5) is 10.3 Å². The van der Waals surface area contributed by atoms with E-state index in [9.17, 15) is 4.39 Å². The van der Waals surface area contributed by atoms with E-state index >= 15 is 0 Å². The smallest absolute Gasteiger partial charge is 0.223 e. The SMILES string of the molecule is Cc1cccc2c(-c3nc(N[C@H]4CCCNC4)ncc3F)c[nH]c12. The maximum absolute atomic E-state index is 14.4. The molecule has 0 bridgehead atoms. The van der Waals surface area contributed by atoms with E-state index in [1.807, 2.05) is 31.3 Å². The highest BCUT2D eigenvalue weighted by Crippen LogP contribution is 2.30. The molecule has 1 aliphatic heterocycles. The van der Waals surface area contributed by atoms with Gasteiger partial charge in [0.2, 0.25) is 5.95 Å². The lowest BCUT2D eigenvalue weighted by atomic mass is 10.1. The summed E-state index contributed by atoms with van der Waals surface area (Å²) in [5.41, 5.74) is 3.22. The third-order valence-corrected chi connectivity index (χ3v) is 4.55. The molecule has 1 aromatic carbocycles. The quantitative estimate of drug-likeness (QED) is 0.692. The zero-order valence-corrected chi connectivity index (χ0v) is 13.6. The third-order valence-electron chi connectivity index (χ3n) is 4.55. The van der Waals surface area contributed by atoms with Crippen molar-refractivity contribution in [2.24, 2.45) is 0 Å². The zero-order chi connectivity index (χ0) is 16.5. The number of para-hydroxylation sites is 1. The van der Waals surface area contributed by atoms with Crippen LogP contribution in [0, 0.1) is 12.7 Å². The molecule has 3 aromatic rings. The highest BCUT2D eigenvalue weighted by Gasteiger charge is 2.17. The minimum Gasteiger partial charge on any atom is -0.360 e. The van der Waals surface area contributed by atoms with Crippen molar-refractivity contribution in [1.82, 2.24) is 20.3 Å². The number of rotatable bonds is 3. The zero-order valence-electron chi connectivity index (χ0n) is 13.6. The van der Waals surface area contributed by atoms with Gasteiger partial charge in [-0.2, -0.15) is 0 Å². The first-order valence-electron chi connectivity index (χ1n) is 8.29. The monoisotopic (exact) mass is 325 g/mol. The second kappa shape index (κ2) is 6.20. The molecule has 5 nitrogen and oxygen atoms in total. The molecule has 124 valence electrons. The van der Waals surface area contributed by atoms with E-state index < -0.39 is 5.82 Å². The summed E-state index contributed by atoms with van der Waals surface area (Å²) in [6.45, 7) is 3.95. The number of fused-ring (bicyclic) bond motifs is 1. The lowest BCUT2D eigenvalue weighted by Crippen LogP contribution is -2.38. The first-order valence-corrected chi connectivity index (χ1v) is 8.29. The molecule has 1 fully saturated rings. The molecule has 3 N–H and O–H groups in total. The van der Waals surface area contributed by atoms with E-state index in [-0.39, 0.29) is 6.04 Å². The lowest BCUT2D eigenvalue weighted by Gasteiger charge is -2.23. The first kappa shape index (κ1) is 15.1. The van der Waals surface area contributed by atoms with Crippen LogP contribution in [0.1, 0.15) is 18.4 Å². The molecule has 4 rings (SSSR count). The van der Waals surface area contributed by atoms with Gasteiger partial charge in [0.05, 0.1) is 6.20 Å². The summed E-state index contributed by atoms with van der Waals surface area (Å²) in [5.74, 6) is 0.0619. The molecule has 0 amide bonds. The van der Waals surface area contributed by atoms with Crippen molar-refractivity contribution in [3.8, 4) is 11.3 Å². The van der Waals surface area contributed by atoms with Crippen molar-refractivity contribution in [3.05, 3.63) is 42.0 Å². The molecule has 0 radical (unpaired) electrons. The van der Waals surface area contributed by atoms with Crippen molar-refractivity contribution in [2.75, 3.05) is 18.4 Å². The Hall–Kier alpha value is -2.47. The second-order valence-corrected chi connectivity index (χ2v) is 6.28. The fourth-order valence-corrected chi connectivity index (χ4v) is 3.28. The van der Waals surface area contributed by atoms with Gasteiger partial charge in [-0.15, -0.1) is 0 Å². The van der Waals surface area contributed by atoms with Crippen LogP contribution in [0.3, 0.4) is 0 Å². The number of benzene rings is 1. The summed E-state index contributed by atoms with van der Waals surface area (Å²) < 4.78 is 14.4. The molecule has 2 aromatic heterocycles. The summed E-state index contributed by atoms with van der Waals surface area (Å²) >= 11 is 0. The molecule has 3 heterocycles. The number of H-pyrrole nitrogens is 1. The Bertz CT molecular complexity index is 867. The van der Waals surface area contributed by atoms with Crippen molar-refractivity contribution in [2.45, 2.75) is 25.8 Å². The van der Waals surface area contributed by atoms with Gasteiger partial charge >= 0.3 is 0 Å². The van der Waals surface area contributed by atoms with E-state index in [1.165, 1.54) is 6.20 Å². The molecule has 0 unspecified atom stereocenters. The van der Waals surface area contributed by atoms with E-state index in [0.717, 1.165) is 48.0 Å². The fraction of sp³-hybridized carbons (Fsp3) is 0.333. The highest BCUT2D eigenvalue weighted by atomic mass is 19.1. The van der Waals surface area contributed by atoms with Crippen LogP contribution < -0.4 is 10.6 Å². The molecule has 6 heteroatoms. The van der Waals surface area contributed by atoms with Gasteiger partial charge in [0.15, 0.2) is 5.82 Å². The maximum Gasteiger partial charge on any atom is 0.223 e. The number of piperidine rings is 1. The topological polar surface area (TPSA) is 65.6 Å². The van der Waals surface area contributed by atoms with Gasteiger partial charge in [0, 0.05) is 35.2 Å². The average molecular weight is 325 g/mol. The number of hydrogen-bond acceptors (Lipinski definition) is 4. The second-order valence-electron chi connectivity index (χ2n) is 6.28. The number of aryl methyl sites for hydroxylation is 1. The predicted octanol–water partition coefficient (Wildman–Crippen LogP) is 3.24. The highest BCUT2D eigenvalue weighted by molar-refractivity contribution is 5.96. The third kappa shape index (κ3) is 2.73. The Labute approximate surface area is 139 Å². The Morgan fingerprint density at radius 2 is 2.25 bits per heavy atom. The van der Waals surface area contributed by atoms with Crippen molar-refractivity contribution >= 4 is 16.9 Å². The minimum atomic E-state index is -0.412. The van der Waals surface area contributed by atoms with Gasteiger partial charge < -0.3 is 15.6 Å². The van der Waals surface area contributed by atoms with Crippen LogP contribution in [-0.2, 0) is 0 Å². The number of anilines is 1. The molecule has 1 aliphatic rings. The number of aromatic amines is 1. The summed E-state index contributed by atoms with van der Waals surface area (Å²) in [7, 11) is 0. The average Bonchev–Trinajstić information content (AvgIpc) is 3.03. The molecule has 0 aliphatic carbocycles. The van der Waals surface area contributed by atoms with E-state index in [0.29, 0.717) is 11.6 Å². The lowest BCUT2D eigenvalue weighted by molar-refractivity contribution is 0.477. The Kier molecular flexibility index (Phi) is 3.90. The van der Waals surface area contributed by atoms with Gasteiger partial charge in [0.1, 0.15) is 5.69 Å². The van der Waals surface area contributed by atoms with Gasteiger partial charge in [-0.05, 0) is 31.9 Å². The Morgan fingerprint density at radius 3 is 3.08 bits per heavy atom. The van der Waals surface area contributed by atoms with Crippen molar-refractivity contribution < 1.29 is 4.39 Å². The van der Waals surface area contributed by atoms with Crippen LogP contribution in [-0.4, -0.2) is 34.1 Å². The van der Waals surface area contributed by atoms with Gasteiger partial charge in [-0.25, -0.2) is 14.4 Å². The van der Waals surface area contributed by atoms with Crippen LogP contribution in [0.5, 0.6) is 0 Å². The number of halogens is 1. The number of hydrogen-bond donors (Lipinski definition) is 3. The van der Waals surface area contributed by atoms with Gasteiger partial charge in [0.25, 0.3) is 0 Å². The van der Waals surface area contributed by atoms with Crippen LogP contribution in [0.15, 0.2) is 30.6 Å². The summed E-state index contributed by atoms with van der Waals surface area (Å²) in [6, 6.07) is 6.26. The van der Waals surface area contributed by atoms with E-state index in [4.69, 9.17) is 0 Å². The Balaban J connectivity index is 1.71. The van der Waals surface area contributed by atoms with Gasteiger partial charge in [-0.3, -0.25) is 0 Å². The summed E-state index contributed by atoms with van der Waals surface area (Å²) in [6.07, 6.45) is 5.24. The molecular weight excluding hydrogens is 305 g/mol. The number of aromatic nitrogens is 3. The number of nitrogens with one attached hydrogen (secondary N) is 3. The molecular formula is C18H20FN5. The fourth-order valence-electron chi connectivity index (χ4n) is 3.28. The van der Waals surface area contributed by atoms with E-state index in [2.05, 4.69) is 25.6 Å².